The van der Waals surface area contributed by atoms with E-state index in [1.165, 1.54) is 6.21 Å². The Bertz CT molecular complexity index is 805. The summed E-state index contributed by atoms with van der Waals surface area (Å²) in [5.74, 6) is 0.669. The number of ether oxygens (including phenoxy) is 2. The standard InChI is InChI=1S/C19H19BrN2O4/c1-3-26-15-8-13(20)12(7-14(15)25-2)9-21-22-18(23)16-10-4-5-11(6-10)17(16)19(22)24/h4-5,7-11,16-17H,3,6H2,1-2H3. The van der Waals surface area contributed by atoms with Crippen molar-refractivity contribution >= 4 is 34.0 Å². The van der Waals surface area contributed by atoms with E-state index >= 15 is 0 Å². The minimum atomic E-state index is -0.243. The molecule has 2 bridgehead atoms. The lowest BCUT2D eigenvalue weighted by Crippen LogP contribution is -2.28. The first-order chi connectivity index (χ1) is 12.5. The maximum absolute atomic E-state index is 12.7. The van der Waals surface area contributed by atoms with Crippen molar-refractivity contribution in [1.82, 2.24) is 5.01 Å². The molecule has 7 heteroatoms. The number of methoxy groups -OCH3 is 1. The third kappa shape index (κ3) is 2.57. The van der Waals surface area contributed by atoms with Gasteiger partial charge in [-0.2, -0.15) is 10.1 Å². The fourth-order valence-corrected chi connectivity index (χ4v) is 4.62. The number of carbonyl (C=O) groups excluding carboxylic acids is 2. The summed E-state index contributed by atoms with van der Waals surface area (Å²) in [5, 5.41) is 5.24. The molecule has 4 unspecified atom stereocenters. The fourth-order valence-electron chi connectivity index (χ4n) is 4.20. The summed E-state index contributed by atoms with van der Waals surface area (Å²) >= 11 is 3.47. The average molecular weight is 419 g/mol. The van der Waals surface area contributed by atoms with Crippen LogP contribution in [-0.4, -0.2) is 36.8 Å². The molecule has 4 rings (SSSR count). The van der Waals surface area contributed by atoms with E-state index in [2.05, 4.69) is 33.2 Å². The molecule has 2 fully saturated rings. The van der Waals surface area contributed by atoms with Gasteiger partial charge in [0.25, 0.3) is 11.8 Å². The molecule has 1 heterocycles. The van der Waals surface area contributed by atoms with E-state index in [4.69, 9.17) is 9.47 Å². The highest BCUT2D eigenvalue weighted by molar-refractivity contribution is 9.10. The second kappa shape index (κ2) is 6.54. The van der Waals surface area contributed by atoms with Gasteiger partial charge < -0.3 is 9.47 Å². The van der Waals surface area contributed by atoms with Crippen molar-refractivity contribution < 1.29 is 19.1 Å². The number of fused-ring (bicyclic) bond motifs is 5. The molecule has 1 saturated heterocycles. The van der Waals surface area contributed by atoms with Crippen LogP contribution in [-0.2, 0) is 9.59 Å². The Balaban J connectivity index is 1.59. The first-order valence-corrected chi connectivity index (χ1v) is 9.45. The molecule has 0 N–H and O–H groups in total. The lowest BCUT2D eigenvalue weighted by Gasteiger charge is -2.13. The van der Waals surface area contributed by atoms with Crippen LogP contribution in [0.5, 0.6) is 11.5 Å². The minimum Gasteiger partial charge on any atom is -0.493 e. The number of allylic oxidation sites excluding steroid dienone is 2. The Morgan fingerprint density at radius 2 is 1.85 bits per heavy atom. The molecule has 2 aliphatic carbocycles. The SMILES string of the molecule is CCOc1cc(Br)c(C=NN2C(=O)C3C4C=CC(C4)C3C2=O)cc1OC. The van der Waals surface area contributed by atoms with Crippen LogP contribution >= 0.6 is 15.9 Å². The van der Waals surface area contributed by atoms with Crippen LogP contribution in [0, 0.1) is 23.7 Å². The maximum atomic E-state index is 12.7. The molecule has 0 aromatic heterocycles. The van der Waals surface area contributed by atoms with Crippen molar-refractivity contribution in [2.45, 2.75) is 13.3 Å². The number of hydrogen-bond acceptors (Lipinski definition) is 5. The predicted molar refractivity (Wildman–Crippen MR) is 99.0 cm³/mol. The summed E-state index contributed by atoms with van der Waals surface area (Å²) in [7, 11) is 1.56. The summed E-state index contributed by atoms with van der Waals surface area (Å²) < 4.78 is 11.6. The second-order valence-electron chi connectivity index (χ2n) is 6.69. The zero-order valence-corrected chi connectivity index (χ0v) is 16.1. The third-order valence-corrected chi connectivity index (χ3v) is 6.03. The summed E-state index contributed by atoms with van der Waals surface area (Å²) in [5.41, 5.74) is 0.698. The lowest BCUT2D eigenvalue weighted by atomic mass is 9.85. The number of halogens is 1. The second-order valence-corrected chi connectivity index (χ2v) is 7.54. The van der Waals surface area contributed by atoms with Crippen molar-refractivity contribution in [3.63, 3.8) is 0 Å². The lowest BCUT2D eigenvalue weighted by molar-refractivity contribution is -0.140. The van der Waals surface area contributed by atoms with Crippen LogP contribution in [0.25, 0.3) is 0 Å². The molecule has 0 radical (unpaired) electrons. The molecule has 1 saturated carbocycles. The highest BCUT2D eigenvalue weighted by atomic mass is 79.9. The van der Waals surface area contributed by atoms with Gasteiger partial charge in [0.15, 0.2) is 11.5 Å². The zero-order chi connectivity index (χ0) is 18.4. The average Bonchev–Trinajstić information content (AvgIpc) is 3.30. The molecule has 1 aromatic rings. The van der Waals surface area contributed by atoms with E-state index in [1.807, 2.05) is 6.92 Å². The molecular weight excluding hydrogens is 400 g/mol. The van der Waals surface area contributed by atoms with Crippen molar-refractivity contribution in [1.29, 1.82) is 0 Å². The van der Waals surface area contributed by atoms with E-state index in [1.54, 1.807) is 19.2 Å². The smallest absolute Gasteiger partial charge is 0.254 e. The van der Waals surface area contributed by atoms with Gasteiger partial charge in [-0.1, -0.05) is 12.2 Å². The molecule has 0 spiro atoms. The summed E-state index contributed by atoms with van der Waals surface area (Å²) in [6.45, 7) is 2.42. The van der Waals surface area contributed by atoms with Crippen molar-refractivity contribution in [3.8, 4) is 11.5 Å². The number of amides is 2. The number of hydrazone groups is 1. The molecule has 1 aromatic carbocycles. The molecule has 4 atom stereocenters. The van der Waals surface area contributed by atoms with Gasteiger partial charge in [0, 0.05) is 10.0 Å². The van der Waals surface area contributed by atoms with Gasteiger partial charge in [0.2, 0.25) is 0 Å². The van der Waals surface area contributed by atoms with E-state index in [0.717, 1.165) is 15.9 Å². The number of nitrogens with zero attached hydrogens (tertiary/aromatic N) is 2. The van der Waals surface area contributed by atoms with Crippen LogP contribution in [0.4, 0.5) is 0 Å². The quantitative estimate of drug-likeness (QED) is 0.418. The number of imide groups is 1. The Kier molecular flexibility index (Phi) is 4.34. The molecule has 3 aliphatic rings. The van der Waals surface area contributed by atoms with Crippen molar-refractivity contribution in [3.05, 3.63) is 34.3 Å². The topological polar surface area (TPSA) is 68.2 Å². The normalized spacial score (nSPS) is 29.1. The number of carbonyl (C=O) groups is 2. The van der Waals surface area contributed by atoms with Gasteiger partial charge in [-0.3, -0.25) is 9.59 Å². The maximum Gasteiger partial charge on any atom is 0.254 e. The number of benzene rings is 1. The van der Waals surface area contributed by atoms with Crippen LogP contribution in [0.3, 0.4) is 0 Å². The Morgan fingerprint density at radius 3 is 2.42 bits per heavy atom. The van der Waals surface area contributed by atoms with E-state index < -0.39 is 0 Å². The van der Waals surface area contributed by atoms with Crippen molar-refractivity contribution in [2.75, 3.05) is 13.7 Å². The molecule has 26 heavy (non-hydrogen) atoms. The fraction of sp³-hybridized carbons (Fsp3) is 0.421. The third-order valence-electron chi connectivity index (χ3n) is 5.34. The van der Waals surface area contributed by atoms with E-state index in [-0.39, 0.29) is 35.5 Å². The highest BCUT2D eigenvalue weighted by Gasteiger charge is 2.59. The van der Waals surface area contributed by atoms with Gasteiger partial charge in [0.1, 0.15) is 0 Å². The van der Waals surface area contributed by atoms with Crippen LogP contribution in [0.1, 0.15) is 18.9 Å². The highest BCUT2D eigenvalue weighted by Crippen LogP contribution is 2.52. The summed E-state index contributed by atoms with van der Waals surface area (Å²) in [6.07, 6.45) is 6.55. The van der Waals surface area contributed by atoms with Gasteiger partial charge in [-0.15, -0.1) is 0 Å². The largest absolute Gasteiger partial charge is 0.493 e. The van der Waals surface area contributed by atoms with Gasteiger partial charge in [-0.25, -0.2) is 0 Å². The summed E-state index contributed by atoms with van der Waals surface area (Å²) in [4.78, 5) is 25.3. The molecule has 2 amide bonds. The first-order valence-electron chi connectivity index (χ1n) is 8.65. The molecule has 136 valence electrons. The first kappa shape index (κ1) is 17.3. The van der Waals surface area contributed by atoms with E-state index in [0.29, 0.717) is 23.7 Å². The van der Waals surface area contributed by atoms with Crippen LogP contribution < -0.4 is 9.47 Å². The van der Waals surface area contributed by atoms with Gasteiger partial charge >= 0.3 is 0 Å². The number of rotatable bonds is 5. The minimum absolute atomic E-state index is 0.180. The van der Waals surface area contributed by atoms with Gasteiger partial charge in [-0.05, 0) is 53.2 Å². The van der Waals surface area contributed by atoms with Crippen LogP contribution in [0.2, 0.25) is 0 Å². The monoisotopic (exact) mass is 418 g/mol. The molecule has 1 aliphatic heterocycles. The Hall–Kier alpha value is -2.15. The summed E-state index contributed by atoms with van der Waals surface area (Å²) in [6, 6.07) is 3.55. The zero-order valence-electron chi connectivity index (χ0n) is 14.5. The Labute approximate surface area is 160 Å². The van der Waals surface area contributed by atoms with Crippen LogP contribution in [0.15, 0.2) is 33.9 Å². The van der Waals surface area contributed by atoms with Crippen molar-refractivity contribution in [2.24, 2.45) is 28.8 Å². The van der Waals surface area contributed by atoms with E-state index in [9.17, 15) is 9.59 Å². The number of hydrogen-bond donors (Lipinski definition) is 0. The molecular formula is C19H19BrN2O4. The van der Waals surface area contributed by atoms with Gasteiger partial charge in [0.05, 0.1) is 31.8 Å². The predicted octanol–water partition coefficient (Wildman–Crippen LogP) is 3.00. The Morgan fingerprint density at radius 1 is 1.19 bits per heavy atom. The molecule has 6 nitrogen and oxygen atoms in total.